The molecule has 0 radical (unpaired) electrons. The lowest BCUT2D eigenvalue weighted by molar-refractivity contribution is 0.414. The van der Waals surface area contributed by atoms with E-state index in [0.717, 1.165) is 27.9 Å². The average molecular weight is 408 g/mol. The number of H-pyrrole nitrogens is 1. The van der Waals surface area contributed by atoms with Crippen LogP contribution in [0.4, 0.5) is 5.69 Å². The summed E-state index contributed by atoms with van der Waals surface area (Å²) in [6, 6.07) is 21.4. The third-order valence-electron chi connectivity index (χ3n) is 4.64. The van der Waals surface area contributed by atoms with E-state index in [1.54, 1.807) is 31.4 Å². The number of hydrogen-bond acceptors (Lipinski definition) is 4. The third-order valence-corrected chi connectivity index (χ3v) is 6.04. The zero-order valence-electron chi connectivity index (χ0n) is 16.0. The molecule has 4 rings (SSSR count). The molecule has 3 aromatic carbocycles. The van der Waals surface area contributed by atoms with Crippen LogP contribution in [0.1, 0.15) is 0 Å². The van der Waals surface area contributed by atoms with Gasteiger partial charge in [-0.05, 0) is 78.4 Å². The summed E-state index contributed by atoms with van der Waals surface area (Å²) in [5.74, 6) is 1.39. The lowest BCUT2D eigenvalue weighted by Crippen LogP contribution is -2.12. The van der Waals surface area contributed by atoms with Crippen molar-refractivity contribution in [2.24, 2.45) is 0 Å². The number of ether oxygens (including phenoxy) is 2. The van der Waals surface area contributed by atoms with Gasteiger partial charge in [0.1, 0.15) is 11.5 Å². The van der Waals surface area contributed by atoms with E-state index in [0.29, 0.717) is 11.4 Å². The number of hydrogen-bond donors (Lipinski definition) is 2. The minimum Gasteiger partial charge on any atom is -0.497 e. The smallest absolute Gasteiger partial charge is 0.261 e. The van der Waals surface area contributed by atoms with Crippen molar-refractivity contribution in [2.45, 2.75) is 4.90 Å². The minimum absolute atomic E-state index is 0.173. The van der Waals surface area contributed by atoms with Crippen molar-refractivity contribution in [3.05, 3.63) is 72.8 Å². The Bertz CT molecular complexity index is 1240. The SMILES string of the molecule is COc1ccc(-c2cc3cc(NS(=O)(=O)c4ccc(OC)cc4)ccc3[nH]2)cc1. The molecule has 0 atom stereocenters. The molecule has 0 saturated heterocycles. The number of sulfonamides is 1. The predicted molar refractivity (Wildman–Crippen MR) is 114 cm³/mol. The lowest BCUT2D eigenvalue weighted by atomic mass is 10.1. The highest BCUT2D eigenvalue weighted by Crippen LogP contribution is 2.28. The van der Waals surface area contributed by atoms with E-state index in [1.807, 2.05) is 36.4 Å². The second kappa shape index (κ2) is 7.52. The summed E-state index contributed by atoms with van der Waals surface area (Å²) in [5, 5.41) is 0.908. The molecule has 29 heavy (non-hydrogen) atoms. The molecule has 6 nitrogen and oxygen atoms in total. The number of nitrogens with one attached hydrogen (secondary N) is 2. The summed E-state index contributed by atoms with van der Waals surface area (Å²) < 4.78 is 38.2. The quantitative estimate of drug-likeness (QED) is 0.487. The first-order valence-electron chi connectivity index (χ1n) is 8.92. The lowest BCUT2D eigenvalue weighted by Gasteiger charge is -2.09. The van der Waals surface area contributed by atoms with Gasteiger partial charge in [-0.15, -0.1) is 0 Å². The summed E-state index contributed by atoms with van der Waals surface area (Å²) in [7, 11) is -0.522. The van der Waals surface area contributed by atoms with Gasteiger partial charge in [0.15, 0.2) is 0 Å². The molecule has 1 heterocycles. The Morgan fingerprint density at radius 3 is 2.03 bits per heavy atom. The second-order valence-electron chi connectivity index (χ2n) is 6.49. The fourth-order valence-corrected chi connectivity index (χ4v) is 4.14. The molecule has 7 heteroatoms. The zero-order valence-corrected chi connectivity index (χ0v) is 16.8. The number of aromatic amines is 1. The van der Waals surface area contributed by atoms with Crippen LogP contribution in [-0.4, -0.2) is 27.6 Å². The normalized spacial score (nSPS) is 11.4. The Labute approximate surface area is 169 Å². The number of methoxy groups -OCH3 is 2. The van der Waals surface area contributed by atoms with E-state index < -0.39 is 10.0 Å². The number of anilines is 1. The molecule has 0 aliphatic carbocycles. The number of aromatic nitrogens is 1. The highest BCUT2D eigenvalue weighted by Gasteiger charge is 2.15. The van der Waals surface area contributed by atoms with Crippen LogP contribution in [0.5, 0.6) is 11.5 Å². The average Bonchev–Trinajstić information content (AvgIpc) is 3.17. The van der Waals surface area contributed by atoms with Gasteiger partial charge in [0.2, 0.25) is 0 Å². The van der Waals surface area contributed by atoms with Crippen LogP contribution in [0.3, 0.4) is 0 Å². The summed E-state index contributed by atoms with van der Waals surface area (Å²) in [4.78, 5) is 3.52. The molecule has 0 aliphatic heterocycles. The predicted octanol–water partition coefficient (Wildman–Crippen LogP) is 4.65. The molecule has 0 aliphatic rings. The van der Waals surface area contributed by atoms with Crippen molar-refractivity contribution in [1.82, 2.24) is 4.98 Å². The molecule has 148 valence electrons. The van der Waals surface area contributed by atoms with Gasteiger partial charge in [0, 0.05) is 22.3 Å². The first kappa shape index (κ1) is 18.9. The fraction of sp³-hybridized carbons (Fsp3) is 0.0909. The molecule has 0 amide bonds. The van der Waals surface area contributed by atoms with Gasteiger partial charge in [-0.25, -0.2) is 8.42 Å². The summed E-state index contributed by atoms with van der Waals surface area (Å²) in [5.41, 5.74) is 3.37. The van der Waals surface area contributed by atoms with Crippen molar-refractivity contribution in [1.29, 1.82) is 0 Å². The number of fused-ring (bicyclic) bond motifs is 1. The monoisotopic (exact) mass is 408 g/mol. The fourth-order valence-electron chi connectivity index (χ4n) is 3.09. The number of rotatable bonds is 6. The molecule has 0 unspecified atom stereocenters. The van der Waals surface area contributed by atoms with Crippen LogP contribution >= 0.6 is 0 Å². The topological polar surface area (TPSA) is 80.4 Å². The van der Waals surface area contributed by atoms with E-state index in [2.05, 4.69) is 9.71 Å². The maximum atomic E-state index is 12.7. The zero-order chi connectivity index (χ0) is 20.4. The molecule has 4 aromatic rings. The Morgan fingerprint density at radius 2 is 1.41 bits per heavy atom. The van der Waals surface area contributed by atoms with Gasteiger partial charge in [-0.2, -0.15) is 0 Å². The van der Waals surface area contributed by atoms with Crippen molar-refractivity contribution < 1.29 is 17.9 Å². The van der Waals surface area contributed by atoms with Crippen LogP contribution in [-0.2, 0) is 10.0 Å². The van der Waals surface area contributed by atoms with Gasteiger partial charge in [0.25, 0.3) is 10.0 Å². The molecule has 0 fully saturated rings. The Morgan fingerprint density at radius 1 is 0.793 bits per heavy atom. The van der Waals surface area contributed by atoms with Crippen LogP contribution in [0.2, 0.25) is 0 Å². The van der Waals surface area contributed by atoms with Crippen molar-refractivity contribution in [2.75, 3.05) is 18.9 Å². The Hall–Kier alpha value is -3.45. The summed E-state index contributed by atoms with van der Waals surface area (Å²) in [6.45, 7) is 0. The van der Waals surface area contributed by atoms with Gasteiger partial charge >= 0.3 is 0 Å². The highest BCUT2D eigenvalue weighted by molar-refractivity contribution is 7.92. The van der Waals surface area contributed by atoms with Gasteiger partial charge in [0.05, 0.1) is 19.1 Å². The maximum Gasteiger partial charge on any atom is 0.261 e. The third kappa shape index (κ3) is 3.90. The van der Waals surface area contributed by atoms with E-state index in [9.17, 15) is 8.42 Å². The first-order chi connectivity index (χ1) is 14.0. The van der Waals surface area contributed by atoms with Gasteiger partial charge in [-0.3, -0.25) is 4.72 Å². The summed E-state index contributed by atoms with van der Waals surface area (Å²) >= 11 is 0. The molecule has 2 N–H and O–H groups in total. The van der Waals surface area contributed by atoms with E-state index in [4.69, 9.17) is 9.47 Å². The second-order valence-corrected chi connectivity index (χ2v) is 8.18. The highest BCUT2D eigenvalue weighted by atomic mass is 32.2. The van der Waals surface area contributed by atoms with Crippen molar-refractivity contribution in [3.8, 4) is 22.8 Å². The van der Waals surface area contributed by atoms with Crippen molar-refractivity contribution in [3.63, 3.8) is 0 Å². The minimum atomic E-state index is -3.69. The summed E-state index contributed by atoms with van der Waals surface area (Å²) in [6.07, 6.45) is 0. The largest absolute Gasteiger partial charge is 0.497 e. The first-order valence-corrected chi connectivity index (χ1v) is 10.4. The Kier molecular flexibility index (Phi) is 4.90. The van der Waals surface area contributed by atoms with Crippen LogP contribution in [0, 0.1) is 0 Å². The van der Waals surface area contributed by atoms with E-state index >= 15 is 0 Å². The molecule has 0 bridgehead atoms. The Balaban J connectivity index is 1.61. The van der Waals surface area contributed by atoms with Crippen molar-refractivity contribution >= 4 is 26.6 Å². The molecule has 0 saturated carbocycles. The molecule has 1 aromatic heterocycles. The maximum absolute atomic E-state index is 12.7. The molecule has 0 spiro atoms. The van der Waals surface area contributed by atoms with E-state index in [-0.39, 0.29) is 4.90 Å². The van der Waals surface area contributed by atoms with E-state index in [1.165, 1.54) is 19.2 Å². The van der Waals surface area contributed by atoms with Crippen LogP contribution in [0.15, 0.2) is 77.7 Å². The van der Waals surface area contributed by atoms with Crippen LogP contribution in [0.25, 0.3) is 22.2 Å². The standard InChI is InChI=1S/C22H20N2O4S/c1-27-18-6-3-15(4-7-18)22-14-16-13-17(5-12-21(16)23-22)24-29(25,26)20-10-8-19(28-2)9-11-20/h3-14,23-24H,1-2H3. The molecular formula is C22H20N2O4S. The van der Waals surface area contributed by atoms with Crippen LogP contribution < -0.4 is 14.2 Å². The molecular weight excluding hydrogens is 388 g/mol. The van der Waals surface area contributed by atoms with Gasteiger partial charge < -0.3 is 14.5 Å². The number of benzene rings is 3. The van der Waals surface area contributed by atoms with Gasteiger partial charge in [-0.1, -0.05) is 0 Å².